The maximum Gasteiger partial charge on any atom is 0.147 e. The fourth-order valence-corrected chi connectivity index (χ4v) is 1.85. The van der Waals surface area contributed by atoms with Gasteiger partial charge in [0.2, 0.25) is 0 Å². The van der Waals surface area contributed by atoms with Gasteiger partial charge in [0.25, 0.3) is 0 Å². The van der Waals surface area contributed by atoms with Crippen LogP contribution in [0.15, 0.2) is 6.33 Å². The SMILES string of the molecule is Cc1c(N)ncnc1NCCCS(C)(=O)=O. The molecule has 0 saturated carbocycles. The second-order valence-electron chi connectivity index (χ2n) is 3.64. The van der Waals surface area contributed by atoms with Gasteiger partial charge in [-0.25, -0.2) is 18.4 Å². The van der Waals surface area contributed by atoms with E-state index < -0.39 is 9.84 Å². The fourth-order valence-electron chi connectivity index (χ4n) is 1.18. The van der Waals surface area contributed by atoms with Gasteiger partial charge in [0.1, 0.15) is 27.8 Å². The first-order valence-corrected chi connectivity index (χ1v) is 6.95. The third-order valence-corrected chi connectivity index (χ3v) is 3.14. The molecule has 1 heterocycles. The molecule has 0 amide bonds. The molecule has 0 unspecified atom stereocenters. The van der Waals surface area contributed by atoms with Crippen LogP contribution < -0.4 is 11.1 Å². The summed E-state index contributed by atoms with van der Waals surface area (Å²) in [5.41, 5.74) is 6.39. The van der Waals surface area contributed by atoms with Crippen LogP contribution in [0.5, 0.6) is 0 Å². The summed E-state index contributed by atoms with van der Waals surface area (Å²) in [5, 5.41) is 3.03. The fraction of sp³-hybridized carbons (Fsp3) is 0.556. The van der Waals surface area contributed by atoms with Gasteiger partial charge in [-0.2, -0.15) is 0 Å². The number of rotatable bonds is 5. The van der Waals surface area contributed by atoms with E-state index in [0.717, 1.165) is 5.56 Å². The number of nitrogens with one attached hydrogen (secondary N) is 1. The summed E-state index contributed by atoms with van der Waals surface area (Å²) in [5.74, 6) is 1.25. The Morgan fingerprint density at radius 3 is 2.75 bits per heavy atom. The number of nitrogen functional groups attached to an aromatic ring is 1. The molecule has 0 saturated heterocycles. The maximum absolute atomic E-state index is 10.9. The predicted octanol–water partition coefficient (Wildman–Crippen LogP) is 0.214. The van der Waals surface area contributed by atoms with Crippen molar-refractivity contribution < 1.29 is 8.42 Å². The van der Waals surface area contributed by atoms with E-state index in [1.54, 1.807) is 0 Å². The minimum Gasteiger partial charge on any atom is -0.383 e. The molecular formula is C9H16N4O2S. The lowest BCUT2D eigenvalue weighted by atomic mass is 10.3. The maximum atomic E-state index is 10.9. The van der Waals surface area contributed by atoms with Crippen molar-refractivity contribution in [2.45, 2.75) is 13.3 Å². The average molecular weight is 244 g/mol. The largest absolute Gasteiger partial charge is 0.383 e. The van der Waals surface area contributed by atoms with Gasteiger partial charge >= 0.3 is 0 Å². The summed E-state index contributed by atoms with van der Waals surface area (Å²) in [7, 11) is -2.89. The Morgan fingerprint density at radius 2 is 2.12 bits per heavy atom. The van der Waals surface area contributed by atoms with E-state index in [4.69, 9.17) is 5.73 Å². The van der Waals surface area contributed by atoms with Gasteiger partial charge in [0.15, 0.2) is 0 Å². The number of aromatic nitrogens is 2. The smallest absolute Gasteiger partial charge is 0.147 e. The van der Waals surface area contributed by atoms with Crippen molar-refractivity contribution >= 4 is 21.5 Å². The number of nitrogens with two attached hydrogens (primary N) is 1. The number of hydrogen-bond donors (Lipinski definition) is 2. The zero-order valence-corrected chi connectivity index (χ0v) is 10.2. The van der Waals surface area contributed by atoms with E-state index in [1.807, 2.05) is 6.92 Å². The Balaban J connectivity index is 2.47. The Kier molecular flexibility index (Phi) is 4.05. The van der Waals surface area contributed by atoms with E-state index in [2.05, 4.69) is 15.3 Å². The van der Waals surface area contributed by atoms with Crippen LogP contribution in [0.3, 0.4) is 0 Å². The summed E-state index contributed by atoms with van der Waals surface area (Å²) in [4.78, 5) is 7.86. The van der Waals surface area contributed by atoms with Crippen LogP contribution in [-0.4, -0.2) is 36.9 Å². The molecule has 0 radical (unpaired) electrons. The lowest BCUT2D eigenvalue weighted by Gasteiger charge is -2.08. The second kappa shape index (κ2) is 5.11. The topological polar surface area (TPSA) is 98.0 Å². The Hall–Kier alpha value is -1.37. The highest BCUT2D eigenvalue weighted by molar-refractivity contribution is 7.90. The number of nitrogens with zero attached hydrogens (tertiary/aromatic N) is 2. The van der Waals surface area contributed by atoms with Gasteiger partial charge in [-0.15, -0.1) is 0 Å². The molecule has 6 nitrogen and oxygen atoms in total. The summed E-state index contributed by atoms with van der Waals surface area (Å²) >= 11 is 0. The predicted molar refractivity (Wildman–Crippen MR) is 64.0 cm³/mol. The molecule has 90 valence electrons. The molecule has 1 aromatic heterocycles. The summed E-state index contributed by atoms with van der Waals surface area (Å²) in [6.45, 7) is 2.36. The van der Waals surface area contributed by atoms with Crippen molar-refractivity contribution in [3.63, 3.8) is 0 Å². The minimum absolute atomic E-state index is 0.166. The van der Waals surface area contributed by atoms with Crippen molar-refractivity contribution in [2.24, 2.45) is 0 Å². The molecule has 1 aromatic rings. The third-order valence-electron chi connectivity index (χ3n) is 2.11. The van der Waals surface area contributed by atoms with Crippen LogP contribution in [0.4, 0.5) is 11.6 Å². The van der Waals surface area contributed by atoms with E-state index in [1.165, 1.54) is 12.6 Å². The lowest BCUT2D eigenvalue weighted by molar-refractivity contribution is 0.600. The average Bonchev–Trinajstić information content (AvgIpc) is 2.17. The number of sulfone groups is 1. The van der Waals surface area contributed by atoms with Gasteiger partial charge in [-0.3, -0.25) is 0 Å². The van der Waals surface area contributed by atoms with Gasteiger partial charge < -0.3 is 11.1 Å². The third kappa shape index (κ3) is 4.01. The molecule has 0 aliphatic heterocycles. The van der Waals surface area contributed by atoms with E-state index in [9.17, 15) is 8.42 Å². The zero-order chi connectivity index (χ0) is 12.2. The highest BCUT2D eigenvalue weighted by Gasteiger charge is 2.04. The highest BCUT2D eigenvalue weighted by Crippen LogP contribution is 2.14. The first-order chi connectivity index (χ1) is 7.40. The van der Waals surface area contributed by atoms with Crippen LogP contribution in [0.25, 0.3) is 0 Å². The van der Waals surface area contributed by atoms with Crippen molar-refractivity contribution in [1.82, 2.24) is 9.97 Å². The summed E-state index contributed by atoms with van der Waals surface area (Å²) < 4.78 is 21.8. The van der Waals surface area contributed by atoms with Gasteiger partial charge in [-0.1, -0.05) is 0 Å². The summed E-state index contributed by atoms with van der Waals surface area (Å²) in [6, 6.07) is 0. The number of anilines is 2. The van der Waals surface area contributed by atoms with Crippen LogP contribution in [-0.2, 0) is 9.84 Å². The lowest BCUT2D eigenvalue weighted by Crippen LogP contribution is -2.12. The molecule has 1 rings (SSSR count). The van der Waals surface area contributed by atoms with Gasteiger partial charge in [0.05, 0.1) is 5.75 Å². The Labute approximate surface area is 95.2 Å². The first kappa shape index (κ1) is 12.7. The van der Waals surface area contributed by atoms with Crippen molar-refractivity contribution in [1.29, 1.82) is 0 Å². The van der Waals surface area contributed by atoms with Crippen molar-refractivity contribution in [3.8, 4) is 0 Å². The number of hydrogen-bond acceptors (Lipinski definition) is 6. The van der Waals surface area contributed by atoms with Crippen molar-refractivity contribution in [3.05, 3.63) is 11.9 Å². The molecule has 7 heteroatoms. The normalized spacial score (nSPS) is 11.4. The van der Waals surface area contributed by atoms with Gasteiger partial charge in [0, 0.05) is 18.4 Å². The minimum atomic E-state index is -2.89. The second-order valence-corrected chi connectivity index (χ2v) is 5.90. The quantitative estimate of drug-likeness (QED) is 0.719. The summed E-state index contributed by atoms with van der Waals surface area (Å²) in [6.07, 6.45) is 3.14. The highest BCUT2D eigenvalue weighted by atomic mass is 32.2. The molecule has 0 aliphatic carbocycles. The molecular weight excluding hydrogens is 228 g/mol. The zero-order valence-electron chi connectivity index (χ0n) is 9.40. The van der Waals surface area contributed by atoms with Crippen LogP contribution >= 0.6 is 0 Å². The van der Waals surface area contributed by atoms with Gasteiger partial charge in [-0.05, 0) is 13.3 Å². The monoisotopic (exact) mass is 244 g/mol. The molecule has 0 aliphatic rings. The van der Waals surface area contributed by atoms with Crippen molar-refractivity contribution in [2.75, 3.05) is 29.6 Å². The van der Waals surface area contributed by atoms with E-state index >= 15 is 0 Å². The first-order valence-electron chi connectivity index (χ1n) is 4.89. The molecule has 0 spiro atoms. The molecule has 16 heavy (non-hydrogen) atoms. The molecule has 0 aromatic carbocycles. The van der Waals surface area contributed by atoms with E-state index in [-0.39, 0.29) is 5.75 Å². The Bertz CT molecular complexity index is 459. The standard InChI is InChI=1S/C9H16N4O2S/c1-7-8(10)12-6-13-9(7)11-4-3-5-16(2,14)15/h6H,3-5H2,1-2H3,(H3,10,11,12,13). The molecule has 0 fully saturated rings. The molecule has 0 atom stereocenters. The van der Waals surface area contributed by atoms with Crippen LogP contribution in [0.1, 0.15) is 12.0 Å². The van der Waals surface area contributed by atoms with Crippen LogP contribution in [0, 0.1) is 6.92 Å². The van der Waals surface area contributed by atoms with Crippen LogP contribution in [0.2, 0.25) is 0 Å². The Morgan fingerprint density at radius 1 is 1.44 bits per heavy atom. The molecule has 3 N–H and O–H groups in total. The molecule has 0 bridgehead atoms. The van der Waals surface area contributed by atoms with E-state index in [0.29, 0.717) is 24.6 Å².